The molecule has 2 aromatic rings. The van der Waals surface area contributed by atoms with Gasteiger partial charge in [0.15, 0.2) is 20.0 Å². The van der Waals surface area contributed by atoms with E-state index in [1.165, 1.54) is 4.90 Å². The third kappa shape index (κ3) is 8.87. The molecule has 234 valence electrons. The fourth-order valence-corrected chi connectivity index (χ4v) is 5.52. The number of hydrogen-bond donors (Lipinski definition) is 4. The van der Waals surface area contributed by atoms with Crippen LogP contribution in [0.2, 0.25) is 18.1 Å². The van der Waals surface area contributed by atoms with Crippen LogP contribution in [0.1, 0.15) is 82.9 Å². The summed E-state index contributed by atoms with van der Waals surface area (Å²) < 4.78 is 21.8. The summed E-state index contributed by atoms with van der Waals surface area (Å²) in [6, 6.07) is 1.79. The molecule has 2 amide bonds. The maximum atomic E-state index is 15.4. The van der Waals surface area contributed by atoms with Crippen molar-refractivity contribution in [2.24, 2.45) is 5.73 Å². The number of aryl methyl sites for hydroxylation is 2. The molecule has 10 nitrogen and oxygen atoms in total. The van der Waals surface area contributed by atoms with Gasteiger partial charge in [0.1, 0.15) is 5.82 Å². The highest BCUT2D eigenvalue weighted by Crippen LogP contribution is 2.37. The molecule has 5 N–H and O–H groups in total. The minimum Gasteiger partial charge on any atom is -0.465 e. The Kier molecular flexibility index (Phi) is 11.1. The predicted octanol–water partition coefficient (Wildman–Crippen LogP) is 6.82. The second-order valence-corrected chi connectivity index (χ2v) is 18.2. The second-order valence-electron chi connectivity index (χ2n) is 13.4. The zero-order valence-electron chi connectivity index (χ0n) is 27.0. The van der Waals surface area contributed by atoms with Crippen LogP contribution in [0.15, 0.2) is 18.3 Å². The molecule has 0 spiro atoms. The van der Waals surface area contributed by atoms with E-state index < -0.39 is 43.8 Å². The molecule has 2 atom stereocenters. The summed E-state index contributed by atoms with van der Waals surface area (Å²) >= 11 is 0. The average Bonchev–Trinajstić information content (AvgIpc) is 2.82. The Labute approximate surface area is 250 Å². The van der Waals surface area contributed by atoms with Crippen LogP contribution in [-0.4, -0.2) is 64.5 Å². The Morgan fingerprint density at radius 3 is 2.26 bits per heavy atom. The molecule has 0 saturated heterocycles. The highest BCUT2D eigenvalue weighted by molar-refractivity contribution is 6.74. The van der Waals surface area contributed by atoms with Gasteiger partial charge in [0, 0.05) is 23.9 Å². The van der Waals surface area contributed by atoms with Gasteiger partial charge in [0.2, 0.25) is 0 Å². The third-order valence-electron chi connectivity index (χ3n) is 8.01. The number of hydrogen-bond acceptors (Lipinski definition) is 7. The van der Waals surface area contributed by atoms with Crippen LogP contribution in [0.4, 0.5) is 26.5 Å². The SMILES string of the molecule is Cc1cc(Nc2nc(N[C@H](CCCO[Si](C)(C)C(C)(C)C)[C@H](C)N(C(=O)O)C(C)(C)C)c(F)cc2C(N)=O)cnc1C. The molecule has 0 aromatic carbocycles. The molecule has 0 aliphatic heterocycles. The number of nitrogens with one attached hydrogen (secondary N) is 2. The van der Waals surface area contributed by atoms with Gasteiger partial charge in [0.25, 0.3) is 5.91 Å². The number of halogens is 1. The van der Waals surface area contributed by atoms with Crippen molar-refractivity contribution in [1.29, 1.82) is 0 Å². The number of amides is 2. The first-order valence-corrected chi connectivity index (χ1v) is 17.2. The van der Waals surface area contributed by atoms with Crippen LogP contribution in [0.5, 0.6) is 0 Å². The van der Waals surface area contributed by atoms with Crippen molar-refractivity contribution in [1.82, 2.24) is 14.9 Å². The number of aromatic nitrogens is 2. The number of carbonyl (C=O) groups is 2. The maximum Gasteiger partial charge on any atom is 0.408 e. The van der Waals surface area contributed by atoms with E-state index in [1.54, 1.807) is 13.1 Å². The van der Waals surface area contributed by atoms with Gasteiger partial charge >= 0.3 is 6.09 Å². The van der Waals surface area contributed by atoms with E-state index in [2.05, 4.69) is 54.5 Å². The standard InChI is InChI=1S/C30H49FN6O4Si/c1-18-15-21(17-33-19(18)2)34-26-22(25(32)38)16-23(31)27(36-26)35-24(20(3)37(28(39)40)29(4,5)6)13-12-14-41-42(10,11)30(7,8)9/h15-17,20,24H,12-14H2,1-11H3,(H2,32,38)(H,39,40)(H2,34,35,36)/t20-,24+/m0/s1. The highest BCUT2D eigenvalue weighted by atomic mass is 28.4. The highest BCUT2D eigenvalue weighted by Gasteiger charge is 2.38. The maximum absolute atomic E-state index is 15.4. The number of rotatable bonds is 12. The van der Waals surface area contributed by atoms with Gasteiger partial charge in [-0.3, -0.25) is 14.7 Å². The summed E-state index contributed by atoms with van der Waals surface area (Å²) in [5.74, 6) is -1.68. The minimum atomic E-state index is -1.98. The summed E-state index contributed by atoms with van der Waals surface area (Å²) in [7, 11) is -1.98. The van der Waals surface area contributed by atoms with E-state index in [9.17, 15) is 14.7 Å². The molecule has 0 fully saturated rings. The zero-order valence-corrected chi connectivity index (χ0v) is 28.0. The Balaban J connectivity index is 2.46. The lowest BCUT2D eigenvalue weighted by Crippen LogP contribution is -2.56. The molecule has 0 aliphatic rings. The average molecular weight is 605 g/mol. The number of carboxylic acid groups (broad SMARTS) is 1. The molecule has 2 aromatic heterocycles. The quantitative estimate of drug-likeness (QED) is 0.153. The fourth-order valence-electron chi connectivity index (χ4n) is 4.43. The number of nitrogens with two attached hydrogens (primary N) is 1. The van der Waals surface area contributed by atoms with Crippen molar-refractivity contribution < 1.29 is 23.5 Å². The van der Waals surface area contributed by atoms with E-state index in [-0.39, 0.29) is 22.2 Å². The smallest absolute Gasteiger partial charge is 0.408 e. The van der Waals surface area contributed by atoms with E-state index in [0.717, 1.165) is 17.3 Å². The van der Waals surface area contributed by atoms with Gasteiger partial charge in [-0.1, -0.05) is 20.8 Å². The van der Waals surface area contributed by atoms with Crippen molar-refractivity contribution in [3.8, 4) is 0 Å². The third-order valence-corrected chi connectivity index (χ3v) is 12.6. The summed E-state index contributed by atoms with van der Waals surface area (Å²) in [6.45, 7) is 22.4. The largest absolute Gasteiger partial charge is 0.465 e. The number of anilines is 3. The molecule has 2 rings (SSSR count). The van der Waals surface area contributed by atoms with Crippen LogP contribution in [-0.2, 0) is 4.43 Å². The molecule has 0 bridgehead atoms. The molecular formula is C30H49FN6O4Si. The minimum absolute atomic E-state index is 0.0500. The van der Waals surface area contributed by atoms with Crippen LogP contribution in [0.25, 0.3) is 0 Å². The van der Waals surface area contributed by atoms with Gasteiger partial charge in [-0.05, 0) is 90.2 Å². The fraction of sp³-hybridized carbons (Fsp3) is 0.600. The van der Waals surface area contributed by atoms with Crippen LogP contribution < -0.4 is 16.4 Å². The lowest BCUT2D eigenvalue weighted by molar-refractivity contribution is 0.0677. The number of nitrogens with zero attached hydrogens (tertiary/aromatic N) is 3. The number of pyridine rings is 2. The molecule has 0 saturated carbocycles. The molecule has 12 heteroatoms. The molecular weight excluding hydrogens is 555 g/mol. The van der Waals surface area contributed by atoms with Crippen molar-refractivity contribution >= 4 is 37.6 Å². The first-order chi connectivity index (χ1) is 19.2. The van der Waals surface area contributed by atoms with Gasteiger partial charge in [-0.25, -0.2) is 14.2 Å². The first-order valence-electron chi connectivity index (χ1n) is 14.3. The van der Waals surface area contributed by atoms with Crippen molar-refractivity contribution in [3.63, 3.8) is 0 Å². The summed E-state index contributed by atoms with van der Waals surface area (Å²) in [5.41, 5.74) is 7.05. The van der Waals surface area contributed by atoms with E-state index >= 15 is 4.39 Å². The Morgan fingerprint density at radius 1 is 1.14 bits per heavy atom. The second kappa shape index (κ2) is 13.4. The zero-order chi connectivity index (χ0) is 32.2. The number of carbonyl (C=O) groups excluding carboxylic acids is 1. The van der Waals surface area contributed by atoms with Gasteiger partial charge < -0.3 is 25.9 Å². The molecule has 0 aliphatic carbocycles. The molecule has 0 unspecified atom stereocenters. The molecule has 2 heterocycles. The lowest BCUT2D eigenvalue weighted by Gasteiger charge is -2.42. The lowest BCUT2D eigenvalue weighted by atomic mass is 9.97. The normalized spacial score (nSPS) is 13.8. The van der Waals surface area contributed by atoms with Crippen molar-refractivity contribution in [2.75, 3.05) is 17.2 Å². The summed E-state index contributed by atoms with van der Waals surface area (Å²) in [5, 5.41) is 16.3. The Bertz CT molecular complexity index is 1280. The molecule has 42 heavy (non-hydrogen) atoms. The van der Waals surface area contributed by atoms with Crippen molar-refractivity contribution in [3.05, 3.63) is 41.0 Å². The van der Waals surface area contributed by atoms with Gasteiger partial charge in [-0.2, -0.15) is 0 Å². The number of primary amides is 1. The van der Waals surface area contributed by atoms with Crippen LogP contribution in [0.3, 0.4) is 0 Å². The summed E-state index contributed by atoms with van der Waals surface area (Å²) in [4.78, 5) is 34.6. The van der Waals surface area contributed by atoms with E-state index in [1.807, 2.05) is 40.7 Å². The van der Waals surface area contributed by atoms with E-state index in [4.69, 9.17) is 10.2 Å². The summed E-state index contributed by atoms with van der Waals surface area (Å²) in [6.07, 6.45) is 1.61. The monoisotopic (exact) mass is 604 g/mol. The van der Waals surface area contributed by atoms with Gasteiger partial charge in [-0.15, -0.1) is 0 Å². The topological polar surface area (TPSA) is 143 Å². The molecule has 0 radical (unpaired) electrons. The van der Waals surface area contributed by atoms with Gasteiger partial charge in [0.05, 0.1) is 23.5 Å². The first kappa shape index (κ1) is 34.9. The Hall–Kier alpha value is -3.25. The van der Waals surface area contributed by atoms with E-state index in [0.29, 0.717) is 25.1 Å². The Morgan fingerprint density at radius 2 is 1.76 bits per heavy atom. The van der Waals surface area contributed by atoms with Crippen LogP contribution in [0, 0.1) is 19.7 Å². The van der Waals surface area contributed by atoms with Crippen molar-refractivity contribution in [2.45, 2.75) is 111 Å². The van der Waals surface area contributed by atoms with Crippen LogP contribution >= 0.6 is 0 Å². The predicted molar refractivity (Wildman–Crippen MR) is 169 cm³/mol.